The molecule has 0 aromatic carbocycles. The minimum atomic E-state index is 0. The first-order valence-corrected chi connectivity index (χ1v) is 6.48. The van der Waals surface area contributed by atoms with Crippen LogP contribution in [0.25, 0.3) is 9.75 Å². The Hall–Kier alpha value is 0.595. The average molecular weight is 234 g/mol. The summed E-state index contributed by atoms with van der Waals surface area (Å²) in [5.41, 5.74) is 0. The molecule has 74 valence electrons. The molecule has 0 saturated heterocycles. The fraction of sp³-hybridized carbons (Fsp3) is 0.333. The van der Waals surface area contributed by atoms with Crippen LogP contribution in [0.5, 0.6) is 0 Å². The Bertz CT molecular complexity index is 378. The summed E-state index contributed by atoms with van der Waals surface area (Å²) in [5.74, 6) is 0. The van der Waals surface area contributed by atoms with Crippen LogP contribution in [0.3, 0.4) is 0 Å². The SMILES string of the molecule is CCc1c[c-]c(-c2[c-]cc(CC)s2)s1.[Li+].[Li+]. The van der Waals surface area contributed by atoms with Gasteiger partial charge in [-0.25, -0.2) is 12.1 Å². The number of rotatable bonds is 3. The van der Waals surface area contributed by atoms with Gasteiger partial charge in [0.2, 0.25) is 0 Å². The Balaban J connectivity index is 0.00000112. The van der Waals surface area contributed by atoms with E-state index in [1.54, 1.807) is 0 Å². The van der Waals surface area contributed by atoms with Gasteiger partial charge in [-0.05, 0) is 0 Å². The molecule has 2 heterocycles. The van der Waals surface area contributed by atoms with Crippen LogP contribution in [0.15, 0.2) is 12.1 Å². The number of thiophene rings is 2. The molecule has 0 aliphatic carbocycles. The van der Waals surface area contributed by atoms with Crippen LogP contribution in [0.4, 0.5) is 0 Å². The van der Waals surface area contributed by atoms with Gasteiger partial charge in [0.25, 0.3) is 0 Å². The molecule has 0 amide bonds. The summed E-state index contributed by atoms with van der Waals surface area (Å²) in [6, 6.07) is 10.8. The summed E-state index contributed by atoms with van der Waals surface area (Å²) >= 11 is 3.67. The third-order valence-corrected chi connectivity index (χ3v) is 4.62. The summed E-state index contributed by atoms with van der Waals surface area (Å²) in [6.45, 7) is 4.36. The van der Waals surface area contributed by atoms with Gasteiger partial charge in [-0.3, -0.25) is 0 Å². The zero-order valence-corrected chi connectivity index (χ0v) is 12.0. The Labute approximate surface area is 130 Å². The van der Waals surface area contributed by atoms with E-state index in [9.17, 15) is 0 Å². The van der Waals surface area contributed by atoms with Crippen molar-refractivity contribution in [1.82, 2.24) is 0 Å². The van der Waals surface area contributed by atoms with Crippen molar-refractivity contribution in [3.63, 3.8) is 0 Å². The van der Waals surface area contributed by atoms with Gasteiger partial charge in [0.15, 0.2) is 0 Å². The zero-order valence-electron chi connectivity index (χ0n) is 10.4. The average Bonchev–Trinajstić information content (AvgIpc) is 2.86. The molecule has 16 heavy (non-hydrogen) atoms. The first kappa shape index (κ1) is 16.6. The summed E-state index contributed by atoms with van der Waals surface area (Å²) in [4.78, 5) is 5.29. The van der Waals surface area contributed by atoms with Crippen LogP contribution < -0.4 is 37.7 Å². The Morgan fingerprint density at radius 1 is 0.875 bits per heavy atom. The molecule has 0 aliphatic heterocycles. The number of hydrogen-bond donors (Lipinski definition) is 0. The van der Waals surface area contributed by atoms with Crippen molar-refractivity contribution < 1.29 is 37.7 Å². The second-order valence-electron chi connectivity index (χ2n) is 3.08. The van der Waals surface area contributed by atoms with Gasteiger partial charge in [-0.15, -0.1) is 9.75 Å². The first-order valence-electron chi connectivity index (χ1n) is 4.84. The minimum Gasteiger partial charge on any atom is -0.302 e. The molecule has 4 heteroatoms. The molecule has 2 aromatic heterocycles. The van der Waals surface area contributed by atoms with Gasteiger partial charge in [-0.1, -0.05) is 26.7 Å². The largest absolute Gasteiger partial charge is 1.00 e. The fourth-order valence-corrected chi connectivity index (χ4v) is 3.08. The summed E-state index contributed by atoms with van der Waals surface area (Å²) in [5, 5.41) is 0. The molecule has 0 spiro atoms. The molecule has 0 atom stereocenters. The summed E-state index contributed by atoms with van der Waals surface area (Å²) in [6.07, 6.45) is 2.21. The normalized spacial score (nSPS) is 9.38. The number of hydrogen-bond acceptors (Lipinski definition) is 2. The zero-order chi connectivity index (χ0) is 9.97. The molecular weight excluding hydrogens is 222 g/mol. The van der Waals surface area contributed by atoms with Gasteiger partial charge >= 0.3 is 37.7 Å². The van der Waals surface area contributed by atoms with Crippen molar-refractivity contribution in [2.24, 2.45) is 0 Å². The molecule has 0 bridgehead atoms. The van der Waals surface area contributed by atoms with E-state index in [2.05, 4.69) is 38.1 Å². The van der Waals surface area contributed by atoms with Crippen LogP contribution in [0.2, 0.25) is 0 Å². The second-order valence-corrected chi connectivity index (χ2v) is 5.35. The van der Waals surface area contributed by atoms with Crippen molar-refractivity contribution >= 4 is 22.7 Å². The maximum Gasteiger partial charge on any atom is 1.00 e. The minimum absolute atomic E-state index is 0. The third kappa shape index (κ3) is 3.81. The van der Waals surface area contributed by atoms with E-state index in [0.29, 0.717) is 0 Å². The third-order valence-electron chi connectivity index (χ3n) is 2.10. The predicted octanol–water partition coefficient (Wildman–Crippen LogP) is -1.79. The van der Waals surface area contributed by atoms with Gasteiger partial charge in [0, 0.05) is 0 Å². The molecule has 0 nitrogen and oxygen atoms in total. The summed E-state index contributed by atoms with van der Waals surface area (Å²) < 4.78 is 0. The van der Waals surface area contributed by atoms with Crippen molar-refractivity contribution in [3.8, 4) is 9.75 Å². The maximum absolute atomic E-state index is 3.31. The van der Waals surface area contributed by atoms with E-state index in [0.717, 1.165) is 12.8 Å². The topological polar surface area (TPSA) is 0 Å². The van der Waals surface area contributed by atoms with E-state index in [1.807, 2.05) is 22.7 Å². The van der Waals surface area contributed by atoms with Gasteiger partial charge in [-0.2, -0.15) is 21.9 Å². The fourth-order valence-electron chi connectivity index (χ4n) is 1.24. The molecule has 0 saturated carbocycles. The van der Waals surface area contributed by atoms with Crippen LogP contribution in [0, 0.1) is 12.1 Å². The molecule has 0 fully saturated rings. The molecule has 2 aromatic rings. The van der Waals surface area contributed by atoms with Gasteiger partial charge in [0.05, 0.1) is 0 Å². The predicted molar refractivity (Wildman–Crippen MR) is 64.1 cm³/mol. The van der Waals surface area contributed by atoms with Crippen molar-refractivity contribution in [2.75, 3.05) is 0 Å². The van der Waals surface area contributed by atoms with Gasteiger partial charge in [0.1, 0.15) is 0 Å². The Morgan fingerprint density at radius 3 is 1.50 bits per heavy atom. The molecular formula is C12H12Li2S2. The second kappa shape index (κ2) is 7.83. The summed E-state index contributed by atoms with van der Waals surface area (Å²) in [7, 11) is 0. The smallest absolute Gasteiger partial charge is 0.302 e. The molecule has 0 N–H and O–H groups in total. The van der Waals surface area contributed by atoms with Crippen LogP contribution in [0.1, 0.15) is 23.6 Å². The van der Waals surface area contributed by atoms with E-state index in [1.165, 1.54) is 19.5 Å². The van der Waals surface area contributed by atoms with Crippen molar-refractivity contribution in [3.05, 3.63) is 34.0 Å². The molecule has 0 unspecified atom stereocenters. The monoisotopic (exact) mass is 234 g/mol. The number of aryl methyl sites for hydroxylation is 2. The van der Waals surface area contributed by atoms with Crippen molar-refractivity contribution in [2.45, 2.75) is 26.7 Å². The maximum atomic E-state index is 3.31. The standard InChI is InChI=1S/C12H12S2.2Li/c1-3-9-5-7-11(13-9)12-8-6-10(4-2)14-12;;/h5-6H,3-4H2,1-2H3;;/q-2;2*+1. The van der Waals surface area contributed by atoms with E-state index >= 15 is 0 Å². The molecule has 0 radical (unpaired) electrons. The van der Waals surface area contributed by atoms with Crippen molar-refractivity contribution in [1.29, 1.82) is 0 Å². The molecule has 2 rings (SSSR count). The van der Waals surface area contributed by atoms with Crippen LogP contribution >= 0.6 is 22.7 Å². The van der Waals surface area contributed by atoms with E-state index in [-0.39, 0.29) is 37.7 Å². The first-order chi connectivity index (χ1) is 6.83. The van der Waals surface area contributed by atoms with E-state index in [4.69, 9.17) is 0 Å². The van der Waals surface area contributed by atoms with Crippen LogP contribution in [-0.4, -0.2) is 0 Å². The van der Waals surface area contributed by atoms with Crippen LogP contribution in [-0.2, 0) is 12.8 Å². The molecule has 0 aliphatic rings. The Morgan fingerprint density at radius 2 is 1.25 bits per heavy atom. The quantitative estimate of drug-likeness (QED) is 0.435. The van der Waals surface area contributed by atoms with Gasteiger partial charge < -0.3 is 22.7 Å². The Kier molecular flexibility index (Phi) is 8.12. The van der Waals surface area contributed by atoms with E-state index < -0.39 is 0 Å².